The lowest BCUT2D eigenvalue weighted by molar-refractivity contribution is 0.181. The van der Waals surface area contributed by atoms with E-state index in [4.69, 9.17) is 4.74 Å². The fraction of sp³-hybridized carbons (Fsp3) is 0.583. The van der Waals surface area contributed by atoms with Gasteiger partial charge >= 0.3 is 0 Å². The predicted octanol–water partition coefficient (Wildman–Crippen LogP) is 1.82. The van der Waals surface area contributed by atoms with Crippen LogP contribution in [0.4, 0.5) is 5.82 Å². The van der Waals surface area contributed by atoms with E-state index in [2.05, 4.69) is 40.5 Å². The van der Waals surface area contributed by atoms with Crippen molar-refractivity contribution in [1.82, 2.24) is 19.6 Å². The minimum atomic E-state index is 0.150. The Bertz CT molecular complexity index is 554. The number of ether oxygens (including phenoxy) is 1. The molecule has 6 nitrogen and oxygen atoms in total. The van der Waals surface area contributed by atoms with Gasteiger partial charge in [-0.2, -0.15) is 26.4 Å². The number of hydrogen-bond acceptors (Lipinski definition) is 6. The Hall–Kier alpha value is -1.34. The number of nitrogens with one attached hydrogen (secondary N) is 1. The minimum Gasteiger partial charge on any atom is -0.378 e. The number of hydrogen-bond donors (Lipinski definition) is 1. The molecule has 7 heteroatoms. The maximum absolute atomic E-state index is 5.12. The summed E-state index contributed by atoms with van der Waals surface area (Å²) in [5, 5.41) is 7.59. The van der Waals surface area contributed by atoms with E-state index < -0.39 is 0 Å². The molecule has 0 bridgehead atoms. The molecule has 1 N–H and O–H groups in total. The molecule has 0 aliphatic heterocycles. The quantitative estimate of drug-likeness (QED) is 0.871. The van der Waals surface area contributed by atoms with E-state index in [0.29, 0.717) is 12.4 Å². The Morgan fingerprint density at radius 2 is 2.26 bits per heavy atom. The summed E-state index contributed by atoms with van der Waals surface area (Å²) in [6.45, 7) is 5.68. The van der Waals surface area contributed by atoms with E-state index in [1.807, 2.05) is 17.8 Å². The van der Waals surface area contributed by atoms with Gasteiger partial charge < -0.3 is 10.1 Å². The molecule has 0 spiro atoms. The van der Waals surface area contributed by atoms with Gasteiger partial charge in [0.25, 0.3) is 5.78 Å². The van der Waals surface area contributed by atoms with E-state index in [1.165, 1.54) is 6.33 Å². The highest BCUT2D eigenvalue weighted by molar-refractivity contribution is 7.99. The summed E-state index contributed by atoms with van der Waals surface area (Å²) in [6.07, 6.45) is 3.61. The van der Waals surface area contributed by atoms with Crippen LogP contribution in [0, 0.1) is 0 Å². The summed E-state index contributed by atoms with van der Waals surface area (Å²) in [4.78, 5) is 8.50. The molecular weight excluding hydrogens is 262 g/mol. The van der Waals surface area contributed by atoms with Crippen molar-refractivity contribution in [3.05, 3.63) is 18.1 Å². The highest BCUT2D eigenvalue weighted by Crippen LogP contribution is 2.22. The van der Waals surface area contributed by atoms with Crippen molar-refractivity contribution in [3.8, 4) is 0 Å². The molecule has 2 aromatic rings. The van der Waals surface area contributed by atoms with E-state index in [-0.39, 0.29) is 4.75 Å². The van der Waals surface area contributed by atoms with Crippen LogP contribution in [0.15, 0.2) is 12.4 Å². The predicted molar refractivity (Wildman–Crippen MR) is 77.6 cm³/mol. The molecule has 2 rings (SSSR count). The smallest absolute Gasteiger partial charge is 0.254 e. The van der Waals surface area contributed by atoms with Gasteiger partial charge in [-0.15, -0.1) is 0 Å². The summed E-state index contributed by atoms with van der Waals surface area (Å²) in [6, 6.07) is 1.95. The van der Waals surface area contributed by atoms with E-state index >= 15 is 0 Å². The fourth-order valence-electron chi connectivity index (χ4n) is 1.58. The molecule has 0 saturated heterocycles. The molecule has 0 radical (unpaired) electrons. The number of aromatic nitrogens is 4. The maximum Gasteiger partial charge on any atom is 0.254 e. The number of nitrogens with zero attached hydrogens (tertiary/aromatic N) is 4. The Labute approximate surface area is 117 Å². The number of methoxy groups -OCH3 is 1. The van der Waals surface area contributed by atoms with Crippen molar-refractivity contribution in [2.24, 2.45) is 0 Å². The lowest BCUT2D eigenvalue weighted by Crippen LogP contribution is -2.27. The summed E-state index contributed by atoms with van der Waals surface area (Å²) in [5.74, 6) is 1.47. The van der Waals surface area contributed by atoms with Crippen molar-refractivity contribution in [1.29, 1.82) is 0 Å². The van der Waals surface area contributed by atoms with Crippen molar-refractivity contribution >= 4 is 23.4 Å². The summed E-state index contributed by atoms with van der Waals surface area (Å²) in [5.41, 5.74) is 0.840. The number of thioether (sulfide) groups is 1. The number of fused-ring (bicyclic) bond motifs is 1. The van der Waals surface area contributed by atoms with Crippen LogP contribution in [-0.2, 0) is 11.3 Å². The lowest BCUT2D eigenvalue weighted by atomic mass is 10.2. The van der Waals surface area contributed by atoms with Crippen LogP contribution in [-0.4, -0.2) is 44.2 Å². The molecule has 0 atom stereocenters. The van der Waals surface area contributed by atoms with Crippen LogP contribution in [0.1, 0.15) is 19.5 Å². The summed E-state index contributed by atoms with van der Waals surface area (Å²) >= 11 is 1.82. The second-order valence-corrected chi connectivity index (χ2v) is 6.37. The van der Waals surface area contributed by atoms with Crippen molar-refractivity contribution in [3.63, 3.8) is 0 Å². The van der Waals surface area contributed by atoms with Gasteiger partial charge in [-0.05, 0) is 20.1 Å². The topological polar surface area (TPSA) is 64.3 Å². The molecule has 0 fully saturated rings. The van der Waals surface area contributed by atoms with E-state index in [0.717, 1.165) is 18.1 Å². The Morgan fingerprint density at radius 3 is 2.95 bits per heavy atom. The van der Waals surface area contributed by atoms with Crippen LogP contribution in [0.25, 0.3) is 5.78 Å². The van der Waals surface area contributed by atoms with Crippen LogP contribution < -0.4 is 5.32 Å². The van der Waals surface area contributed by atoms with Gasteiger partial charge in [-0.3, -0.25) is 0 Å². The van der Waals surface area contributed by atoms with Crippen LogP contribution >= 0.6 is 11.8 Å². The molecule has 0 unspecified atom stereocenters. The van der Waals surface area contributed by atoms with Crippen LogP contribution in [0.2, 0.25) is 0 Å². The zero-order valence-electron chi connectivity index (χ0n) is 11.7. The third kappa shape index (κ3) is 3.36. The van der Waals surface area contributed by atoms with Crippen molar-refractivity contribution in [2.45, 2.75) is 25.2 Å². The standard InChI is InChI=1S/C12H19N5OS/c1-12(2,19-4)7-13-10-5-9(6-18-3)16-11-14-8-15-17(10)11/h5,8,13H,6-7H2,1-4H3. The second-order valence-electron chi connectivity index (χ2n) is 4.85. The van der Waals surface area contributed by atoms with Gasteiger partial charge in [-0.1, -0.05) is 0 Å². The maximum atomic E-state index is 5.12. The molecular formula is C12H19N5OS. The summed E-state index contributed by atoms with van der Waals surface area (Å²) < 4.78 is 6.98. The first kappa shape index (κ1) is 14.1. The van der Waals surface area contributed by atoms with Crippen molar-refractivity contribution < 1.29 is 4.74 Å². The molecule has 0 saturated carbocycles. The van der Waals surface area contributed by atoms with Gasteiger partial charge in [0.2, 0.25) is 0 Å². The zero-order chi connectivity index (χ0) is 13.9. The van der Waals surface area contributed by atoms with Crippen LogP contribution in [0.3, 0.4) is 0 Å². The van der Waals surface area contributed by atoms with Gasteiger partial charge in [0.1, 0.15) is 12.1 Å². The molecule has 2 aromatic heterocycles. The highest BCUT2D eigenvalue weighted by atomic mass is 32.2. The second kappa shape index (κ2) is 5.75. The van der Waals surface area contributed by atoms with Crippen molar-refractivity contribution in [2.75, 3.05) is 25.2 Å². The van der Waals surface area contributed by atoms with E-state index in [1.54, 1.807) is 11.6 Å². The SMILES string of the molecule is COCc1cc(NCC(C)(C)SC)n2ncnc2n1. The average Bonchev–Trinajstić information content (AvgIpc) is 2.85. The molecule has 2 heterocycles. The minimum absolute atomic E-state index is 0.150. The van der Waals surface area contributed by atoms with Gasteiger partial charge in [0.15, 0.2) is 0 Å². The molecule has 0 aliphatic carbocycles. The van der Waals surface area contributed by atoms with Gasteiger partial charge in [0.05, 0.1) is 12.3 Å². The first-order valence-electron chi connectivity index (χ1n) is 6.03. The number of rotatable bonds is 6. The Morgan fingerprint density at radius 1 is 1.47 bits per heavy atom. The zero-order valence-corrected chi connectivity index (χ0v) is 12.5. The Kier molecular flexibility index (Phi) is 4.26. The lowest BCUT2D eigenvalue weighted by Gasteiger charge is -2.23. The molecule has 104 valence electrons. The van der Waals surface area contributed by atoms with Gasteiger partial charge in [-0.25, -0.2) is 4.98 Å². The highest BCUT2D eigenvalue weighted by Gasteiger charge is 2.16. The molecule has 19 heavy (non-hydrogen) atoms. The van der Waals surface area contributed by atoms with Crippen LogP contribution in [0.5, 0.6) is 0 Å². The molecule has 0 aromatic carbocycles. The molecule has 0 aliphatic rings. The third-order valence-corrected chi connectivity index (χ3v) is 4.09. The van der Waals surface area contributed by atoms with E-state index in [9.17, 15) is 0 Å². The fourth-order valence-corrected chi connectivity index (χ4v) is 1.80. The normalized spacial score (nSPS) is 12.0. The summed E-state index contributed by atoms with van der Waals surface area (Å²) in [7, 11) is 1.65. The largest absolute Gasteiger partial charge is 0.378 e. The average molecular weight is 281 g/mol. The molecule has 0 amide bonds. The number of anilines is 1. The van der Waals surface area contributed by atoms with Gasteiger partial charge in [0, 0.05) is 24.5 Å². The first-order valence-corrected chi connectivity index (χ1v) is 7.26. The monoisotopic (exact) mass is 281 g/mol. The first-order chi connectivity index (χ1) is 9.05. The Balaban J connectivity index is 2.27. The third-order valence-electron chi connectivity index (χ3n) is 2.84.